The third-order valence-electron chi connectivity index (χ3n) is 5.48. The summed E-state index contributed by atoms with van der Waals surface area (Å²) in [4.78, 5) is 24.5. The molecule has 0 aromatic heterocycles. The number of benzene rings is 2. The zero-order valence-electron chi connectivity index (χ0n) is 22.1. The van der Waals surface area contributed by atoms with E-state index in [1.54, 1.807) is 31.2 Å². The van der Waals surface area contributed by atoms with E-state index in [4.69, 9.17) is 18.9 Å². The molecular formula is C27H30Br2N4O7. The molecule has 0 saturated carbocycles. The molecular weight excluding hydrogens is 652 g/mol. The van der Waals surface area contributed by atoms with Crippen molar-refractivity contribution >= 4 is 50.1 Å². The fourth-order valence-electron chi connectivity index (χ4n) is 3.79. The third-order valence-corrected chi connectivity index (χ3v) is 6.53. The number of carbonyl (C=O) groups is 2. The van der Waals surface area contributed by atoms with Crippen LogP contribution in [0.25, 0.3) is 0 Å². The molecule has 0 aliphatic carbocycles. The number of hydrazone groups is 1. The summed E-state index contributed by atoms with van der Waals surface area (Å²) in [5.74, 6) is 0.726. The van der Waals surface area contributed by atoms with Gasteiger partial charge >= 0.3 is 12.0 Å². The fourth-order valence-corrected chi connectivity index (χ4v) is 5.16. The highest BCUT2D eigenvalue weighted by Gasteiger charge is 2.32. The first-order valence-corrected chi connectivity index (χ1v) is 13.7. The topological polar surface area (TPSA) is 140 Å². The van der Waals surface area contributed by atoms with E-state index in [0.29, 0.717) is 47.3 Å². The predicted octanol–water partition coefficient (Wildman–Crippen LogP) is 4.30. The number of aliphatic hydroxyl groups is 1. The molecule has 4 N–H and O–H groups in total. The lowest BCUT2D eigenvalue weighted by Crippen LogP contribution is -2.45. The van der Waals surface area contributed by atoms with Crippen LogP contribution in [0.3, 0.4) is 0 Å². The summed E-state index contributed by atoms with van der Waals surface area (Å²) in [7, 11) is 1.27. The molecule has 0 saturated heterocycles. The summed E-state index contributed by atoms with van der Waals surface area (Å²) in [6.07, 6.45) is 1.99. The van der Waals surface area contributed by atoms with Gasteiger partial charge in [-0.25, -0.2) is 9.59 Å². The second-order valence-corrected chi connectivity index (χ2v) is 10.1. The van der Waals surface area contributed by atoms with Crippen LogP contribution in [0.4, 0.5) is 4.79 Å². The number of urea groups is 1. The number of hydrogen-bond donors (Lipinski definition) is 4. The number of ether oxygens (including phenoxy) is 4. The van der Waals surface area contributed by atoms with Gasteiger partial charge in [0.15, 0.2) is 17.7 Å². The number of aliphatic hydroxyl groups excluding tert-OH is 1. The van der Waals surface area contributed by atoms with Gasteiger partial charge in [-0.2, -0.15) is 5.10 Å². The molecule has 2 atom stereocenters. The minimum Gasteiger partial charge on any atom is -0.490 e. The molecule has 2 aromatic carbocycles. The molecule has 40 heavy (non-hydrogen) atoms. The number of allylic oxidation sites excluding steroid dienone is 1. The Hall–Kier alpha value is -3.55. The van der Waals surface area contributed by atoms with Crippen molar-refractivity contribution in [2.45, 2.75) is 26.1 Å². The van der Waals surface area contributed by atoms with E-state index in [-0.39, 0.29) is 12.2 Å². The van der Waals surface area contributed by atoms with Crippen molar-refractivity contribution in [3.8, 4) is 17.2 Å². The highest BCUT2D eigenvalue weighted by molar-refractivity contribution is 9.11. The Balaban J connectivity index is 1.72. The lowest BCUT2D eigenvalue weighted by atomic mass is 9.95. The minimum atomic E-state index is -1.15. The Morgan fingerprint density at radius 1 is 1.23 bits per heavy atom. The molecule has 0 radical (unpaired) electrons. The maximum absolute atomic E-state index is 12.4. The second-order valence-electron chi connectivity index (χ2n) is 8.32. The second kappa shape index (κ2) is 14.7. The van der Waals surface area contributed by atoms with Gasteiger partial charge in [0.25, 0.3) is 0 Å². The van der Waals surface area contributed by atoms with E-state index in [9.17, 15) is 14.7 Å². The van der Waals surface area contributed by atoms with Crippen molar-refractivity contribution < 1.29 is 33.6 Å². The Morgan fingerprint density at radius 2 is 2.00 bits per heavy atom. The Kier molecular flexibility index (Phi) is 11.4. The number of hydrogen-bond acceptors (Lipinski definition) is 9. The first-order valence-electron chi connectivity index (χ1n) is 12.1. The van der Waals surface area contributed by atoms with Crippen LogP contribution in [-0.2, 0) is 9.53 Å². The van der Waals surface area contributed by atoms with E-state index in [1.165, 1.54) is 13.3 Å². The van der Waals surface area contributed by atoms with Gasteiger partial charge in [-0.05, 0) is 59.6 Å². The average molecular weight is 682 g/mol. The lowest BCUT2D eigenvalue weighted by Gasteiger charge is -2.28. The van der Waals surface area contributed by atoms with Crippen molar-refractivity contribution in [1.29, 1.82) is 0 Å². The van der Waals surface area contributed by atoms with Gasteiger partial charge in [0.05, 0.1) is 36.0 Å². The summed E-state index contributed by atoms with van der Waals surface area (Å²) < 4.78 is 23.7. The van der Waals surface area contributed by atoms with E-state index < -0.39 is 24.3 Å². The molecule has 1 aliphatic rings. The lowest BCUT2D eigenvalue weighted by molar-refractivity contribution is -0.136. The first-order chi connectivity index (χ1) is 19.2. The molecule has 3 rings (SSSR count). The maximum atomic E-state index is 12.4. The van der Waals surface area contributed by atoms with Crippen LogP contribution in [0.1, 0.15) is 31.0 Å². The average Bonchev–Trinajstić information content (AvgIpc) is 2.91. The van der Waals surface area contributed by atoms with Crippen LogP contribution in [0.15, 0.2) is 68.3 Å². The van der Waals surface area contributed by atoms with Crippen LogP contribution in [0.2, 0.25) is 0 Å². The fraction of sp³-hybridized carbons (Fsp3) is 0.296. The molecule has 1 aliphatic heterocycles. The number of rotatable bonds is 13. The Morgan fingerprint density at radius 3 is 2.70 bits per heavy atom. The van der Waals surface area contributed by atoms with Gasteiger partial charge in [0.1, 0.15) is 19.0 Å². The van der Waals surface area contributed by atoms with Crippen molar-refractivity contribution in [2.24, 2.45) is 5.10 Å². The highest BCUT2D eigenvalue weighted by Crippen LogP contribution is 2.35. The largest absolute Gasteiger partial charge is 0.490 e. The van der Waals surface area contributed by atoms with E-state index in [0.717, 1.165) is 8.95 Å². The van der Waals surface area contributed by atoms with E-state index in [1.807, 2.05) is 19.1 Å². The SMILES string of the molecule is C=CCOc1c(Br)cc(Br)cc1/C=N/N[C@H](O)COc1ccc([C@@H]2NC(=O)NC(C)=C2C(=O)OC)cc1OCC. The molecule has 2 aromatic rings. The molecule has 214 valence electrons. The molecule has 11 nitrogen and oxygen atoms in total. The monoisotopic (exact) mass is 680 g/mol. The summed E-state index contributed by atoms with van der Waals surface area (Å²) in [5.41, 5.74) is 4.53. The third kappa shape index (κ3) is 7.99. The van der Waals surface area contributed by atoms with Crippen LogP contribution < -0.4 is 30.3 Å². The Labute approximate surface area is 248 Å². The molecule has 0 bridgehead atoms. The number of amides is 2. The molecule has 0 unspecified atom stereocenters. The van der Waals surface area contributed by atoms with Crippen LogP contribution in [0, 0.1) is 0 Å². The van der Waals surface area contributed by atoms with Crippen molar-refractivity contribution in [3.05, 3.63) is 74.3 Å². The number of nitrogens with one attached hydrogen (secondary N) is 3. The van der Waals surface area contributed by atoms with Crippen molar-refractivity contribution in [2.75, 3.05) is 26.9 Å². The summed E-state index contributed by atoms with van der Waals surface area (Å²) >= 11 is 6.91. The highest BCUT2D eigenvalue weighted by atomic mass is 79.9. The summed E-state index contributed by atoms with van der Waals surface area (Å²) in [6.45, 7) is 7.59. The zero-order valence-corrected chi connectivity index (χ0v) is 25.3. The van der Waals surface area contributed by atoms with Crippen molar-refractivity contribution in [1.82, 2.24) is 16.1 Å². The smallest absolute Gasteiger partial charge is 0.337 e. The number of methoxy groups -OCH3 is 1. The van der Waals surface area contributed by atoms with E-state index >= 15 is 0 Å². The number of esters is 1. The standard InChI is InChI=1S/C27H30Br2N4O7/c1-5-9-39-25-17(10-18(28)12-19(25)29)13-30-33-22(34)14-40-20-8-7-16(11-21(20)38-6-2)24-23(26(35)37-4)15(3)31-27(36)32-24/h5,7-8,10-13,22,24,33-34H,1,6,9,14H2,2-4H3,(H2,31,32,36)/b30-13+/t22-,24+/m1/s1. The van der Waals surface area contributed by atoms with Crippen molar-refractivity contribution in [3.63, 3.8) is 0 Å². The minimum absolute atomic E-state index is 0.157. The van der Waals surface area contributed by atoms with E-state index in [2.05, 4.69) is 59.6 Å². The molecule has 0 spiro atoms. The summed E-state index contributed by atoms with van der Waals surface area (Å²) in [5, 5.41) is 19.8. The molecule has 1 heterocycles. The number of carbonyl (C=O) groups excluding carboxylic acids is 2. The Bertz CT molecular complexity index is 1320. The summed E-state index contributed by atoms with van der Waals surface area (Å²) in [6, 6.07) is 7.46. The zero-order chi connectivity index (χ0) is 29.2. The van der Waals surface area contributed by atoms with Crippen LogP contribution >= 0.6 is 31.9 Å². The number of nitrogens with zero attached hydrogens (tertiary/aromatic N) is 1. The first kappa shape index (κ1) is 31.0. The number of halogens is 2. The van der Waals surface area contributed by atoms with Gasteiger partial charge in [-0.15, -0.1) is 0 Å². The molecule has 0 fully saturated rings. The van der Waals surface area contributed by atoms with Crippen LogP contribution in [-0.4, -0.2) is 56.5 Å². The van der Waals surface area contributed by atoms with Gasteiger partial charge < -0.3 is 34.7 Å². The van der Waals surface area contributed by atoms with Gasteiger partial charge in [-0.1, -0.05) is 34.7 Å². The predicted molar refractivity (Wildman–Crippen MR) is 157 cm³/mol. The normalized spacial score (nSPS) is 15.7. The van der Waals surface area contributed by atoms with Crippen LogP contribution in [0.5, 0.6) is 17.2 Å². The maximum Gasteiger partial charge on any atom is 0.337 e. The quantitative estimate of drug-likeness (QED) is 0.0807. The molecule has 2 amide bonds. The van der Waals surface area contributed by atoms with Gasteiger partial charge in [0, 0.05) is 15.7 Å². The van der Waals surface area contributed by atoms with Gasteiger partial charge in [0.2, 0.25) is 0 Å². The van der Waals surface area contributed by atoms with Gasteiger partial charge in [-0.3, -0.25) is 5.43 Å². The molecule has 13 heteroatoms.